The van der Waals surface area contributed by atoms with Gasteiger partial charge < -0.3 is 15.3 Å². The van der Waals surface area contributed by atoms with Gasteiger partial charge in [0, 0.05) is 25.1 Å². The molecule has 0 aliphatic carbocycles. The molecule has 2 N–H and O–H groups in total. The van der Waals surface area contributed by atoms with Gasteiger partial charge in [0.2, 0.25) is 5.91 Å². The predicted molar refractivity (Wildman–Crippen MR) is 90.2 cm³/mol. The van der Waals surface area contributed by atoms with Crippen LogP contribution < -0.4 is 5.32 Å². The van der Waals surface area contributed by atoms with Crippen LogP contribution in [0.1, 0.15) is 44.0 Å². The standard InChI is InChI=1S/C18H25FN2O3/c1-11(2)8-17(23)20-15-5-4-13(9-14(15)19)18(24)21-7-6-12(3)16(22)10-21/h4-5,9,11-12,16,22H,6-8,10H2,1-3H3,(H,20,23). The van der Waals surface area contributed by atoms with Crippen molar-refractivity contribution < 1.29 is 19.1 Å². The van der Waals surface area contributed by atoms with Crippen LogP contribution in [0, 0.1) is 17.7 Å². The van der Waals surface area contributed by atoms with Gasteiger partial charge in [-0.15, -0.1) is 0 Å². The molecule has 1 fully saturated rings. The normalized spacial score (nSPS) is 21.0. The molecule has 1 aliphatic rings. The number of β-amino-alcohol motifs (C(OH)–C–C–N with tert-alkyl or cyclic N) is 1. The molecule has 1 saturated heterocycles. The molecular weight excluding hydrogens is 311 g/mol. The maximum absolute atomic E-state index is 14.2. The van der Waals surface area contributed by atoms with Crippen LogP contribution in [0.4, 0.5) is 10.1 Å². The average Bonchev–Trinajstić information content (AvgIpc) is 2.50. The Hall–Kier alpha value is -1.95. The van der Waals surface area contributed by atoms with E-state index in [4.69, 9.17) is 0 Å². The molecule has 0 radical (unpaired) electrons. The highest BCUT2D eigenvalue weighted by molar-refractivity contribution is 5.96. The Bertz CT molecular complexity index is 618. The van der Waals surface area contributed by atoms with Crippen molar-refractivity contribution in [2.75, 3.05) is 18.4 Å². The summed E-state index contributed by atoms with van der Waals surface area (Å²) in [6.45, 7) is 6.57. The zero-order chi connectivity index (χ0) is 17.9. The maximum Gasteiger partial charge on any atom is 0.254 e. The third kappa shape index (κ3) is 4.54. The van der Waals surface area contributed by atoms with E-state index < -0.39 is 11.9 Å². The molecule has 0 aromatic heterocycles. The quantitative estimate of drug-likeness (QED) is 0.888. The van der Waals surface area contributed by atoms with Crippen LogP contribution in [0.2, 0.25) is 0 Å². The number of piperidine rings is 1. The number of hydrogen-bond donors (Lipinski definition) is 2. The minimum Gasteiger partial charge on any atom is -0.391 e. The molecule has 1 aromatic rings. The van der Waals surface area contributed by atoms with Crippen LogP contribution in [0.15, 0.2) is 18.2 Å². The molecule has 2 atom stereocenters. The highest BCUT2D eigenvalue weighted by Gasteiger charge is 2.28. The van der Waals surface area contributed by atoms with Crippen LogP contribution in [-0.2, 0) is 4.79 Å². The summed E-state index contributed by atoms with van der Waals surface area (Å²) in [7, 11) is 0. The summed E-state index contributed by atoms with van der Waals surface area (Å²) in [5.41, 5.74) is 0.292. The topological polar surface area (TPSA) is 69.6 Å². The molecule has 1 aliphatic heterocycles. The fourth-order valence-electron chi connectivity index (χ4n) is 2.74. The van der Waals surface area contributed by atoms with E-state index in [1.807, 2.05) is 20.8 Å². The molecule has 1 aromatic carbocycles. The summed E-state index contributed by atoms with van der Waals surface area (Å²) in [4.78, 5) is 25.7. The largest absolute Gasteiger partial charge is 0.391 e. The van der Waals surface area contributed by atoms with Gasteiger partial charge in [0.05, 0.1) is 11.8 Å². The number of carbonyl (C=O) groups is 2. The van der Waals surface area contributed by atoms with Gasteiger partial charge in [-0.25, -0.2) is 4.39 Å². The molecule has 5 nitrogen and oxygen atoms in total. The molecule has 2 unspecified atom stereocenters. The van der Waals surface area contributed by atoms with E-state index in [1.54, 1.807) is 0 Å². The summed E-state index contributed by atoms with van der Waals surface area (Å²) in [5.74, 6) is -0.855. The first-order valence-corrected chi connectivity index (χ1v) is 8.34. The van der Waals surface area contributed by atoms with Crippen molar-refractivity contribution in [2.45, 2.75) is 39.7 Å². The first-order valence-electron chi connectivity index (χ1n) is 8.34. The number of aliphatic hydroxyl groups is 1. The van der Waals surface area contributed by atoms with Crippen molar-refractivity contribution in [3.8, 4) is 0 Å². The van der Waals surface area contributed by atoms with Crippen LogP contribution in [0.25, 0.3) is 0 Å². The molecule has 2 rings (SSSR count). The lowest BCUT2D eigenvalue weighted by atomic mass is 9.95. The van der Waals surface area contributed by atoms with Crippen molar-refractivity contribution >= 4 is 17.5 Å². The second-order valence-electron chi connectivity index (χ2n) is 6.93. The van der Waals surface area contributed by atoms with Crippen LogP contribution in [0.3, 0.4) is 0 Å². The fraction of sp³-hybridized carbons (Fsp3) is 0.556. The number of likely N-dealkylation sites (tertiary alicyclic amines) is 1. The number of nitrogens with one attached hydrogen (secondary N) is 1. The van der Waals surface area contributed by atoms with Gasteiger partial charge in [0.25, 0.3) is 5.91 Å². The third-order valence-electron chi connectivity index (χ3n) is 4.29. The fourth-order valence-corrected chi connectivity index (χ4v) is 2.74. The van der Waals surface area contributed by atoms with Crippen LogP contribution in [0.5, 0.6) is 0 Å². The van der Waals surface area contributed by atoms with E-state index in [1.165, 1.54) is 17.0 Å². The highest BCUT2D eigenvalue weighted by atomic mass is 19.1. The Balaban J connectivity index is 2.06. The van der Waals surface area contributed by atoms with Gasteiger partial charge in [-0.05, 0) is 36.5 Å². The lowest BCUT2D eigenvalue weighted by Gasteiger charge is -2.34. The lowest BCUT2D eigenvalue weighted by molar-refractivity contribution is -0.116. The van der Waals surface area contributed by atoms with Crippen molar-refractivity contribution in [3.05, 3.63) is 29.6 Å². The molecule has 1 heterocycles. The number of nitrogens with zero attached hydrogens (tertiary/aromatic N) is 1. The molecule has 2 amide bonds. The molecule has 0 bridgehead atoms. The molecular formula is C18H25FN2O3. The Morgan fingerprint density at radius 3 is 2.71 bits per heavy atom. The van der Waals surface area contributed by atoms with E-state index >= 15 is 0 Å². The summed E-state index contributed by atoms with van der Waals surface area (Å²) in [6.07, 6.45) is 0.477. The molecule has 24 heavy (non-hydrogen) atoms. The van der Waals surface area contributed by atoms with Gasteiger partial charge >= 0.3 is 0 Å². The molecule has 0 saturated carbocycles. The van der Waals surface area contributed by atoms with E-state index in [2.05, 4.69) is 5.32 Å². The maximum atomic E-state index is 14.2. The molecule has 6 heteroatoms. The van der Waals surface area contributed by atoms with E-state index in [-0.39, 0.29) is 41.4 Å². The number of anilines is 1. The van der Waals surface area contributed by atoms with Crippen molar-refractivity contribution in [1.29, 1.82) is 0 Å². The number of benzene rings is 1. The second kappa shape index (κ2) is 7.75. The minimum absolute atomic E-state index is 0.0736. The van der Waals surface area contributed by atoms with Crippen LogP contribution in [-0.4, -0.2) is 41.0 Å². The van der Waals surface area contributed by atoms with Gasteiger partial charge in [0.1, 0.15) is 5.82 Å². The predicted octanol–water partition coefficient (Wildman–Crippen LogP) is 2.65. The zero-order valence-corrected chi connectivity index (χ0v) is 14.4. The monoisotopic (exact) mass is 336 g/mol. The van der Waals surface area contributed by atoms with E-state index in [0.29, 0.717) is 13.0 Å². The average molecular weight is 336 g/mol. The zero-order valence-electron chi connectivity index (χ0n) is 14.4. The van der Waals surface area contributed by atoms with Gasteiger partial charge in [-0.3, -0.25) is 9.59 Å². The second-order valence-corrected chi connectivity index (χ2v) is 6.93. The van der Waals surface area contributed by atoms with Crippen molar-refractivity contribution in [3.63, 3.8) is 0 Å². The van der Waals surface area contributed by atoms with Gasteiger partial charge in [0.15, 0.2) is 0 Å². The lowest BCUT2D eigenvalue weighted by Crippen LogP contribution is -2.45. The number of carbonyl (C=O) groups excluding carboxylic acids is 2. The van der Waals surface area contributed by atoms with E-state index in [9.17, 15) is 19.1 Å². The molecule has 0 spiro atoms. The Labute approximate surface area is 141 Å². The van der Waals surface area contributed by atoms with Crippen LogP contribution >= 0.6 is 0 Å². The minimum atomic E-state index is -0.635. The third-order valence-corrected chi connectivity index (χ3v) is 4.29. The number of rotatable bonds is 4. The number of hydrogen-bond acceptors (Lipinski definition) is 3. The molecule has 132 valence electrons. The first kappa shape index (κ1) is 18.4. The van der Waals surface area contributed by atoms with Crippen molar-refractivity contribution in [2.24, 2.45) is 11.8 Å². The highest BCUT2D eigenvalue weighted by Crippen LogP contribution is 2.21. The smallest absolute Gasteiger partial charge is 0.254 e. The number of aliphatic hydroxyl groups excluding tert-OH is 1. The number of halogens is 1. The Kier molecular flexibility index (Phi) is 5.94. The van der Waals surface area contributed by atoms with E-state index in [0.717, 1.165) is 12.5 Å². The SMILES string of the molecule is CC(C)CC(=O)Nc1ccc(C(=O)N2CCC(C)C(O)C2)cc1F. The summed E-state index contributed by atoms with van der Waals surface area (Å²) < 4.78 is 14.2. The Morgan fingerprint density at radius 1 is 1.42 bits per heavy atom. The summed E-state index contributed by atoms with van der Waals surface area (Å²) in [6, 6.07) is 4.04. The number of amides is 2. The van der Waals surface area contributed by atoms with Gasteiger partial charge in [-0.1, -0.05) is 20.8 Å². The summed E-state index contributed by atoms with van der Waals surface area (Å²) in [5, 5.41) is 12.4. The van der Waals surface area contributed by atoms with Crippen molar-refractivity contribution in [1.82, 2.24) is 4.90 Å². The van der Waals surface area contributed by atoms with Gasteiger partial charge in [-0.2, -0.15) is 0 Å². The summed E-state index contributed by atoms with van der Waals surface area (Å²) >= 11 is 0. The first-order chi connectivity index (χ1) is 11.3. The Morgan fingerprint density at radius 2 is 2.12 bits per heavy atom.